The molecular weight excluding hydrogens is 210 g/mol. The molecule has 3 nitrogen and oxygen atoms in total. The molecule has 1 aliphatic heterocycles. The molecule has 0 radical (unpaired) electrons. The molecule has 0 aromatic carbocycles. The second-order valence-corrected chi connectivity index (χ2v) is 6.32. The van der Waals surface area contributed by atoms with Gasteiger partial charge >= 0.3 is 0 Å². The SMILES string of the molecule is CC(C)NCC1CCC1N1CCN(C)CC1C. The summed E-state index contributed by atoms with van der Waals surface area (Å²) in [5.41, 5.74) is 0. The van der Waals surface area contributed by atoms with E-state index in [1.807, 2.05) is 0 Å². The zero-order valence-electron chi connectivity index (χ0n) is 11.9. The van der Waals surface area contributed by atoms with Crippen LogP contribution >= 0.6 is 0 Å². The minimum Gasteiger partial charge on any atom is -0.314 e. The lowest BCUT2D eigenvalue weighted by Gasteiger charge is -2.50. The van der Waals surface area contributed by atoms with Crippen molar-refractivity contribution in [3.05, 3.63) is 0 Å². The van der Waals surface area contributed by atoms with Crippen LogP contribution in [0.1, 0.15) is 33.6 Å². The third-order valence-electron chi connectivity index (χ3n) is 4.47. The Morgan fingerprint density at radius 2 is 2.00 bits per heavy atom. The normalized spacial score (nSPS) is 36.2. The van der Waals surface area contributed by atoms with Crippen LogP contribution in [0.25, 0.3) is 0 Å². The van der Waals surface area contributed by atoms with Crippen LogP contribution < -0.4 is 5.32 Å². The average molecular weight is 239 g/mol. The van der Waals surface area contributed by atoms with Crippen LogP contribution in [-0.4, -0.2) is 61.2 Å². The number of hydrogen-bond donors (Lipinski definition) is 1. The number of nitrogens with one attached hydrogen (secondary N) is 1. The van der Waals surface area contributed by atoms with E-state index in [2.05, 4.69) is 42.9 Å². The van der Waals surface area contributed by atoms with Crippen molar-refractivity contribution < 1.29 is 0 Å². The van der Waals surface area contributed by atoms with Gasteiger partial charge in [-0.1, -0.05) is 13.8 Å². The number of likely N-dealkylation sites (N-methyl/N-ethyl adjacent to an activating group) is 1. The third-order valence-corrected chi connectivity index (χ3v) is 4.47. The van der Waals surface area contributed by atoms with Crippen molar-refractivity contribution in [2.45, 2.75) is 51.7 Å². The highest BCUT2D eigenvalue weighted by Crippen LogP contribution is 2.33. The van der Waals surface area contributed by atoms with Gasteiger partial charge in [0.25, 0.3) is 0 Å². The number of piperazine rings is 1. The standard InChI is InChI=1S/C14H29N3/c1-11(2)15-9-13-5-6-14(13)17-8-7-16(4)10-12(17)3/h11-15H,5-10H2,1-4H3. The summed E-state index contributed by atoms with van der Waals surface area (Å²) in [5, 5.41) is 3.60. The predicted octanol–water partition coefficient (Wildman–Crippen LogP) is 1.40. The van der Waals surface area contributed by atoms with Crippen molar-refractivity contribution in [2.24, 2.45) is 5.92 Å². The fourth-order valence-corrected chi connectivity index (χ4v) is 3.26. The number of hydrogen-bond acceptors (Lipinski definition) is 3. The Bertz CT molecular complexity index is 242. The second kappa shape index (κ2) is 5.68. The first-order chi connectivity index (χ1) is 8.08. The number of rotatable bonds is 4. The third kappa shape index (κ3) is 3.21. The Morgan fingerprint density at radius 3 is 2.53 bits per heavy atom. The molecule has 100 valence electrons. The van der Waals surface area contributed by atoms with Crippen LogP contribution in [-0.2, 0) is 0 Å². The fraction of sp³-hybridized carbons (Fsp3) is 1.00. The van der Waals surface area contributed by atoms with Gasteiger partial charge in [-0.25, -0.2) is 0 Å². The molecule has 0 amide bonds. The first kappa shape index (κ1) is 13.3. The summed E-state index contributed by atoms with van der Waals surface area (Å²) in [7, 11) is 2.24. The summed E-state index contributed by atoms with van der Waals surface area (Å²) in [6.45, 7) is 11.8. The van der Waals surface area contributed by atoms with Crippen molar-refractivity contribution in [3.63, 3.8) is 0 Å². The molecule has 1 N–H and O–H groups in total. The zero-order valence-corrected chi connectivity index (χ0v) is 11.9. The Hall–Kier alpha value is -0.120. The first-order valence-electron chi connectivity index (χ1n) is 7.25. The van der Waals surface area contributed by atoms with E-state index in [9.17, 15) is 0 Å². The molecule has 1 heterocycles. The largest absolute Gasteiger partial charge is 0.314 e. The van der Waals surface area contributed by atoms with Gasteiger partial charge in [-0.2, -0.15) is 0 Å². The lowest BCUT2D eigenvalue weighted by molar-refractivity contribution is -0.00749. The highest BCUT2D eigenvalue weighted by molar-refractivity contribution is 4.94. The van der Waals surface area contributed by atoms with E-state index in [1.54, 1.807) is 0 Å². The van der Waals surface area contributed by atoms with Gasteiger partial charge in [0, 0.05) is 37.8 Å². The molecule has 3 atom stereocenters. The van der Waals surface area contributed by atoms with E-state index >= 15 is 0 Å². The minimum atomic E-state index is 0.626. The van der Waals surface area contributed by atoms with Crippen LogP contribution in [0.3, 0.4) is 0 Å². The molecule has 1 aliphatic carbocycles. The average Bonchev–Trinajstić information content (AvgIpc) is 2.20. The molecule has 17 heavy (non-hydrogen) atoms. The van der Waals surface area contributed by atoms with E-state index in [0.717, 1.165) is 18.0 Å². The van der Waals surface area contributed by atoms with E-state index in [4.69, 9.17) is 0 Å². The zero-order chi connectivity index (χ0) is 12.4. The summed E-state index contributed by atoms with van der Waals surface area (Å²) in [5.74, 6) is 0.892. The van der Waals surface area contributed by atoms with Crippen molar-refractivity contribution in [3.8, 4) is 0 Å². The molecule has 0 spiro atoms. The molecule has 2 rings (SSSR count). The molecule has 1 saturated heterocycles. The lowest BCUT2D eigenvalue weighted by atomic mass is 9.77. The predicted molar refractivity (Wildman–Crippen MR) is 73.3 cm³/mol. The van der Waals surface area contributed by atoms with Gasteiger partial charge in [0.05, 0.1) is 0 Å². The molecule has 0 aromatic heterocycles. The molecule has 3 unspecified atom stereocenters. The molecule has 3 heteroatoms. The maximum atomic E-state index is 3.60. The Kier molecular flexibility index (Phi) is 4.45. The monoisotopic (exact) mass is 239 g/mol. The molecule has 2 aliphatic rings. The van der Waals surface area contributed by atoms with Gasteiger partial charge in [-0.3, -0.25) is 4.90 Å². The van der Waals surface area contributed by atoms with Gasteiger partial charge in [0.1, 0.15) is 0 Å². The minimum absolute atomic E-state index is 0.626. The molecule has 0 bridgehead atoms. The van der Waals surface area contributed by atoms with Crippen LogP contribution in [0.15, 0.2) is 0 Å². The summed E-state index contributed by atoms with van der Waals surface area (Å²) in [6.07, 6.45) is 2.84. The summed E-state index contributed by atoms with van der Waals surface area (Å²) < 4.78 is 0. The van der Waals surface area contributed by atoms with Gasteiger partial charge in [-0.05, 0) is 39.3 Å². The maximum Gasteiger partial charge on any atom is 0.0198 e. The van der Waals surface area contributed by atoms with E-state index in [-0.39, 0.29) is 0 Å². The Morgan fingerprint density at radius 1 is 1.24 bits per heavy atom. The number of nitrogens with zero attached hydrogens (tertiary/aromatic N) is 2. The lowest BCUT2D eigenvalue weighted by Crippen LogP contribution is -2.60. The molecule has 0 aromatic rings. The topological polar surface area (TPSA) is 18.5 Å². The van der Waals surface area contributed by atoms with Crippen LogP contribution in [0.4, 0.5) is 0 Å². The van der Waals surface area contributed by atoms with Gasteiger partial charge < -0.3 is 10.2 Å². The highest BCUT2D eigenvalue weighted by atomic mass is 15.3. The quantitative estimate of drug-likeness (QED) is 0.800. The Balaban J connectivity index is 1.81. The van der Waals surface area contributed by atoms with Crippen LogP contribution in [0.5, 0.6) is 0 Å². The summed E-state index contributed by atoms with van der Waals surface area (Å²) in [4.78, 5) is 5.22. The van der Waals surface area contributed by atoms with Crippen molar-refractivity contribution in [1.82, 2.24) is 15.1 Å². The van der Waals surface area contributed by atoms with Gasteiger partial charge in [0.15, 0.2) is 0 Å². The van der Waals surface area contributed by atoms with Gasteiger partial charge in [-0.15, -0.1) is 0 Å². The summed E-state index contributed by atoms with van der Waals surface area (Å²) >= 11 is 0. The maximum absolute atomic E-state index is 3.60. The van der Waals surface area contributed by atoms with Gasteiger partial charge in [0.2, 0.25) is 0 Å². The van der Waals surface area contributed by atoms with E-state index < -0.39 is 0 Å². The van der Waals surface area contributed by atoms with Crippen LogP contribution in [0, 0.1) is 5.92 Å². The van der Waals surface area contributed by atoms with Crippen molar-refractivity contribution in [2.75, 3.05) is 33.2 Å². The smallest absolute Gasteiger partial charge is 0.0198 e. The highest BCUT2D eigenvalue weighted by Gasteiger charge is 2.38. The second-order valence-electron chi connectivity index (χ2n) is 6.32. The molecule has 2 fully saturated rings. The summed E-state index contributed by atoms with van der Waals surface area (Å²) in [6, 6.07) is 2.21. The van der Waals surface area contributed by atoms with Crippen LogP contribution in [0.2, 0.25) is 0 Å². The van der Waals surface area contributed by atoms with Crippen molar-refractivity contribution >= 4 is 0 Å². The molecule has 1 saturated carbocycles. The van der Waals surface area contributed by atoms with E-state index in [1.165, 1.54) is 39.0 Å². The van der Waals surface area contributed by atoms with Crippen molar-refractivity contribution in [1.29, 1.82) is 0 Å². The first-order valence-corrected chi connectivity index (χ1v) is 7.25. The molecular formula is C14H29N3. The fourth-order valence-electron chi connectivity index (χ4n) is 3.26. The van der Waals surface area contributed by atoms with E-state index in [0.29, 0.717) is 6.04 Å². The Labute approximate surface area is 107 Å².